The fourth-order valence-electron chi connectivity index (χ4n) is 3.06. The number of carbonyl (C=O) groups excluding carboxylic acids is 1. The normalized spacial score (nSPS) is 10.5. The molecule has 28 heavy (non-hydrogen) atoms. The van der Waals surface area contributed by atoms with Crippen LogP contribution in [0.1, 0.15) is 40.6 Å². The van der Waals surface area contributed by atoms with Gasteiger partial charge < -0.3 is 10.6 Å². The highest BCUT2D eigenvalue weighted by Gasteiger charge is 2.07. The van der Waals surface area contributed by atoms with Gasteiger partial charge in [0.05, 0.1) is 11.4 Å². The first kappa shape index (κ1) is 19.5. The molecule has 0 bridgehead atoms. The molecule has 1 aromatic carbocycles. The molecule has 3 aromatic rings. The number of rotatable bonds is 6. The van der Waals surface area contributed by atoms with Crippen molar-refractivity contribution >= 4 is 11.7 Å². The first-order valence-corrected chi connectivity index (χ1v) is 9.53. The summed E-state index contributed by atoms with van der Waals surface area (Å²) in [6.45, 7) is 6.46. The molecule has 0 fully saturated rings. The van der Waals surface area contributed by atoms with Gasteiger partial charge in [-0.05, 0) is 67.1 Å². The Hall–Kier alpha value is -3.21. The van der Waals surface area contributed by atoms with Gasteiger partial charge in [-0.1, -0.05) is 31.2 Å². The van der Waals surface area contributed by atoms with Crippen LogP contribution in [0.5, 0.6) is 0 Å². The van der Waals surface area contributed by atoms with Crippen LogP contribution in [-0.2, 0) is 19.4 Å². The molecule has 0 radical (unpaired) electrons. The standard InChI is InChI=1S/C23H26N4O/c1-4-21-22(11-16(2)14-25-21)27-23(28)26-15-19-7-5-18(6-8-19)13-20-9-10-24-17(3)12-20/h5-12,14H,4,13,15H2,1-3H3,(H2,26,27,28). The molecule has 2 N–H and O–H groups in total. The first-order chi connectivity index (χ1) is 13.5. The molecule has 0 unspecified atom stereocenters. The first-order valence-electron chi connectivity index (χ1n) is 9.53. The van der Waals surface area contributed by atoms with E-state index in [1.165, 1.54) is 11.1 Å². The van der Waals surface area contributed by atoms with Crippen molar-refractivity contribution in [3.63, 3.8) is 0 Å². The second kappa shape index (κ2) is 9.13. The van der Waals surface area contributed by atoms with Crippen LogP contribution in [0.25, 0.3) is 0 Å². The van der Waals surface area contributed by atoms with E-state index in [9.17, 15) is 4.79 Å². The second-order valence-electron chi connectivity index (χ2n) is 6.97. The van der Waals surface area contributed by atoms with Crippen LogP contribution in [-0.4, -0.2) is 16.0 Å². The van der Waals surface area contributed by atoms with E-state index in [0.717, 1.165) is 41.0 Å². The molecule has 0 spiro atoms. The van der Waals surface area contributed by atoms with E-state index >= 15 is 0 Å². The summed E-state index contributed by atoms with van der Waals surface area (Å²) in [7, 11) is 0. The Morgan fingerprint density at radius 1 is 0.964 bits per heavy atom. The van der Waals surface area contributed by atoms with E-state index in [-0.39, 0.29) is 6.03 Å². The summed E-state index contributed by atoms with van der Waals surface area (Å²) in [5.41, 5.74) is 7.24. The van der Waals surface area contributed by atoms with Gasteiger partial charge in [0.15, 0.2) is 0 Å². The lowest BCUT2D eigenvalue weighted by Gasteiger charge is -2.11. The summed E-state index contributed by atoms with van der Waals surface area (Å²) >= 11 is 0. The minimum absolute atomic E-state index is 0.224. The van der Waals surface area contributed by atoms with Crippen molar-refractivity contribution in [2.24, 2.45) is 0 Å². The minimum Gasteiger partial charge on any atom is -0.334 e. The number of anilines is 1. The molecule has 0 saturated heterocycles. The number of nitrogens with one attached hydrogen (secondary N) is 2. The third-order valence-corrected chi connectivity index (χ3v) is 4.54. The van der Waals surface area contributed by atoms with E-state index in [2.05, 4.69) is 50.9 Å². The number of carbonyl (C=O) groups is 1. The third kappa shape index (κ3) is 5.39. The van der Waals surface area contributed by atoms with Gasteiger partial charge in [0.1, 0.15) is 0 Å². The number of hydrogen-bond donors (Lipinski definition) is 2. The molecule has 3 rings (SSSR count). The van der Waals surface area contributed by atoms with E-state index < -0.39 is 0 Å². The maximum absolute atomic E-state index is 12.2. The molecule has 2 amide bonds. The maximum Gasteiger partial charge on any atom is 0.319 e. The van der Waals surface area contributed by atoms with Gasteiger partial charge in [-0.25, -0.2) is 4.79 Å². The molecule has 0 aliphatic rings. The van der Waals surface area contributed by atoms with Crippen LogP contribution in [0.2, 0.25) is 0 Å². The molecule has 5 nitrogen and oxygen atoms in total. The Kier molecular flexibility index (Phi) is 6.37. The Bertz CT molecular complexity index is 951. The zero-order valence-corrected chi connectivity index (χ0v) is 16.6. The van der Waals surface area contributed by atoms with Crippen LogP contribution >= 0.6 is 0 Å². The number of aryl methyl sites for hydroxylation is 3. The van der Waals surface area contributed by atoms with Crippen molar-refractivity contribution in [3.8, 4) is 0 Å². The van der Waals surface area contributed by atoms with Crippen molar-refractivity contribution in [1.29, 1.82) is 0 Å². The highest BCUT2D eigenvalue weighted by Crippen LogP contribution is 2.15. The third-order valence-electron chi connectivity index (χ3n) is 4.54. The highest BCUT2D eigenvalue weighted by molar-refractivity contribution is 5.89. The number of amides is 2. The van der Waals surface area contributed by atoms with E-state index in [0.29, 0.717) is 6.54 Å². The smallest absolute Gasteiger partial charge is 0.319 e. The van der Waals surface area contributed by atoms with Crippen LogP contribution in [0.15, 0.2) is 54.9 Å². The summed E-state index contributed by atoms with van der Waals surface area (Å²) < 4.78 is 0. The monoisotopic (exact) mass is 374 g/mol. The highest BCUT2D eigenvalue weighted by atomic mass is 16.2. The molecule has 5 heteroatoms. The Labute approximate surface area is 166 Å². The van der Waals surface area contributed by atoms with Crippen molar-refractivity contribution in [2.45, 2.75) is 40.2 Å². The summed E-state index contributed by atoms with van der Waals surface area (Å²) in [6, 6.07) is 14.2. The zero-order valence-electron chi connectivity index (χ0n) is 16.6. The second-order valence-corrected chi connectivity index (χ2v) is 6.97. The molecule has 0 atom stereocenters. The predicted octanol–water partition coefficient (Wildman–Crippen LogP) is 4.57. The van der Waals surface area contributed by atoms with Crippen molar-refractivity contribution in [3.05, 3.63) is 88.5 Å². The SMILES string of the molecule is CCc1ncc(C)cc1NC(=O)NCc1ccc(Cc2ccnc(C)c2)cc1. The van der Waals surface area contributed by atoms with Crippen LogP contribution in [0, 0.1) is 13.8 Å². The van der Waals surface area contributed by atoms with Gasteiger partial charge in [0, 0.05) is 24.6 Å². The lowest BCUT2D eigenvalue weighted by atomic mass is 10.0. The van der Waals surface area contributed by atoms with E-state index in [1.807, 2.05) is 45.3 Å². The van der Waals surface area contributed by atoms with Crippen LogP contribution in [0.3, 0.4) is 0 Å². The molecule has 0 aliphatic heterocycles. The van der Waals surface area contributed by atoms with Gasteiger partial charge in [-0.2, -0.15) is 0 Å². The van der Waals surface area contributed by atoms with Gasteiger partial charge in [-0.15, -0.1) is 0 Å². The Morgan fingerprint density at radius 2 is 1.71 bits per heavy atom. The maximum atomic E-state index is 12.2. The topological polar surface area (TPSA) is 66.9 Å². The number of benzene rings is 1. The number of hydrogen-bond acceptors (Lipinski definition) is 3. The predicted molar refractivity (Wildman–Crippen MR) is 112 cm³/mol. The molecule has 2 aromatic heterocycles. The van der Waals surface area contributed by atoms with Crippen molar-refractivity contribution in [2.75, 3.05) is 5.32 Å². The van der Waals surface area contributed by atoms with Gasteiger partial charge >= 0.3 is 6.03 Å². The average Bonchev–Trinajstić information content (AvgIpc) is 2.68. The summed E-state index contributed by atoms with van der Waals surface area (Å²) in [6.07, 6.45) is 5.30. The van der Waals surface area contributed by atoms with Gasteiger partial charge in [-0.3, -0.25) is 9.97 Å². The number of aromatic nitrogens is 2. The zero-order chi connectivity index (χ0) is 19.9. The fraction of sp³-hybridized carbons (Fsp3) is 0.261. The van der Waals surface area contributed by atoms with Gasteiger partial charge in [0.2, 0.25) is 0 Å². The Morgan fingerprint density at radius 3 is 2.43 bits per heavy atom. The molecule has 2 heterocycles. The summed E-state index contributed by atoms with van der Waals surface area (Å²) in [4.78, 5) is 20.9. The number of urea groups is 1. The van der Waals surface area contributed by atoms with E-state index in [4.69, 9.17) is 0 Å². The minimum atomic E-state index is -0.224. The van der Waals surface area contributed by atoms with Gasteiger partial charge in [0.25, 0.3) is 0 Å². The average molecular weight is 374 g/mol. The molecule has 144 valence electrons. The molecule has 0 aliphatic carbocycles. The largest absolute Gasteiger partial charge is 0.334 e. The number of pyridine rings is 2. The lowest BCUT2D eigenvalue weighted by molar-refractivity contribution is 0.251. The lowest BCUT2D eigenvalue weighted by Crippen LogP contribution is -2.28. The van der Waals surface area contributed by atoms with Crippen molar-refractivity contribution < 1.29 is 4.79 Å². The van der Waals surface area contributed by atoms with Crippen LogP contribution in [0.4, 0.5) is 10.5 Å². The fourth-order valence-corrected chi connectivity index (χ4v) is 3.06. The molecular formula is C23H26N4O. The molecule has 0 saturated carbocycles. The quantitative estimate of drug-likeness (QED) is 0.664. The Balaban J connectivity index is 1.54. The summed E-state index contributed by atoms with van der Waals surface area (Å²) in [5.74, 6) is 0. The number of nitrogens with zero attached hydrogens (tertiary/aromatic N) is 2. The van der Waals surface area contributed by atoms with Crippen molar-refractivity contribution in [1.82, 2.24) is 15.3 Å². The summed E-state index contributed by atoms with van der Waals surface area (Å²) in [5, 5.41) is 5.81. The van der Waals surface area contributed by atoms with E-state index in [1.54, 1.807) is 0 Å². The molecular weight excluding hydrogens is 348 g/mol. The van der Waals surface area contributed by atoms with Crippen LogP contribution < -0.4 is 10.6 Å².